The number of hydrogen-bond acceptors (Lipinski definition) is 0. The van der Waals surface area contributed by atoms with Crippen LogP contribution in [0.4, 0.5) is 0 Å². The Morgan fingerprint density at radius 3 is 0.474 bits per heavy atom. The Morgan fingerprint density at radius 1 is 0.237 bits per heavy atom. The maximum atomic E-state index is 2.38. The Balaban J connectivity index is 0.000000127. The Hall–Kier alpha value is -2.08. The van der Waals surface area contributed by atoms with Crippen LogP contribution in [0.15, 0.2) is 97.1 Å². The van der Waals surface area contributed by atoms with Crippen molar-refractivity contribution in [3.05, 3.63) is 97.1 Å². The van der Waals surface area contributed by atoms with Crippen LogP contribution in [0, 0.1) is 23.7 Å². The van der Waals surface area contributed by atoms with E-state index in [2.05, 4.69) is 24.3 Å². The van der Waals surface area contributed by atoms with Crippen LogP contribution >= 0.6 is 0 Å². The van der Waals surface area contributed by atoms with Gasteiger partial charge in [-0.05, 0) is 62.2 Å². The third-order valence-electron chi connectivity index (χ3n) is 8.67. The van der Waals surface area contributed by atoms with Gasteiger partial charge >= 0.3 is 0 Å². The van der Waals surface area contributed by atoms with Gasteiger partial charge in [0.1, 0.15) is 0 Å². The van der Waals surface area contributed by atoms with Crippen molar-refractivity contribution in [3.8, 4) is 0 Å². The SMILES string of the molecule is C1=CC2CCC1C2.C1=CC2CCC1C2.C1CCCCC1.C1CCCCC1.c1ccccc1.c1ccccc1. The maximum absolute atomic E-state index is 2.38. The summed E-state index contributed by atoms with van der Waals surface area (Å²) in [5.41, 5.74) is 0. The third-order valence-corrected chi connectivity index (χ3v) is 8.67. The lowest BCUT2D eigenvalue weighted by Crippen LogP contribution is -1.85. The topological polar surface area (TPSA) is 0 Å². The molecule has 6 aliphatic carbocycles. The molecule has 0 saturated heterocycles. The molecule has 8 rings (SSSR count). The van der Waals surface area contributed by atoms with E-state index < -0.39 is 0 Å². The summed E-state index contributed by atoms with van der Waals surface area (Å²) < 4.78 is 0. The van der Waals surface area contributed by atoms with Gasteiger partial charge in [0.15, 0.2) is 0 Å². The maximum Gasteiger partial charge on any atom is -0.0228 e. The van der Waals surface area contributed by atoms with Crippen molar-refractivity contribution < 1.29 is 0 Å². The Labute approximate surface area is 236 Å². The molecule has 4 saturated carbocycles. The molecule has 208 valence electrons. The predicted octanol–water partition coefficient (Wildman–Crippen LogP) is 12.0. The minimum absolute atomic E-state index is 0.991. The standard InChI is InChI=1S/2C7H10.2C6H12.2C6H6/c2*1-2-7-4-3-6(1)5-7;4*1-2-4-6-5-3-1/h2*1-2,6-7H,3-5H2;2*1-6H2;2*1-6H. The minimum Gasteiger partial charge on any atom is -0.0851 e. The van der Waals surface area contributed by atoms with Crippen molar-refractivity contribution in [3.63, 3.8) is 0 Å². The Kier molecular flexibility index (Phi) is 16.7. The van der Waals surface area contributed by atoms with Crippen molar-refractivity contribution in [2.24, 2.45) is 23.7 Å². The van der Waals surface area contributed by atoms with Crippen LogP contribution in [-0.4, -0.2) is 0 Å². The van der Waals surface area contributed by atoms with E-state index in [1.807, 2.05) is 72.8 Å². The lowest BCUT2D eigenvalue weighted by Gasteiger charge is -2.05. The largest absolute Gasteiger partial charge is 0.0851 e. The number of hydrogen-bond donors (Lipinski definition) is 0. The van der Waals surface area contributed by atoms with Gasteiger partial charge in [0.25, 0.3) is 0 Å². The zero-order valence-corrected chi connectivity index (χ0v) is 24.3. The monoisotopic (exact) mass is 512 g/mol. The number of benzene rings is 2. The van der Waals surface area contributed by atoms with Gasteiger partial charge in [-0.2, -0.15) is 0 Å². The summed E-state index contributed by atoms with van der Waals surface area (Å²) in [4.78, 5) is 0. The van der Waals surface area contributed by atoms with Crippen LogP contribution in [0.5, 0.6) is 0 Å². The van der Waals surface area contributed by atoms with Crippen molar-refractivity contribution in [2.45, 2.75) is 116 Å². The lowest BCUT2D eigenvalue weighted by molar-refractivity contribution is 0.504. The number of rotatable bonds is 0. The van der Waals surface area contributed by atoms with Gasteiger partial charge in [-0.3, -0.25) is 0 Å². The van der Waals surface area contributed by atoms with Gasteiger partial charge in [-0.25, -0.2) is 0 Å². The van der Waals surface area contributed by atoms with Crippen molar-refractivity contribution in [1.29, 1.82) is 0 Å². The molecule has 0 aliphatic heterocycles. The second-order valence-electron chi connectivity index (χ2n) is 12.0. The molecule has 0 aromatic heterocycles. The minimum atomic E-state index is 0.991. The number of allylic oxidation sites excluding steroid dienone is 4. The zero-order chi connectivity index (χ0) is 26.4. The van der Waals surface area contributed by atoms with E-state index in [9.17, 15) is 0 Å². The molecule has 0 radical (unpaired) electrons. The summed E-state index contributed by atoms with van der Waals surface area (Å²) in [5.74, 6) is 3.96. The molecule has 4 fully saturated rings. The Bertz CT molecular complexity index is 640. The van der Waals surface area contributed by atoms with E-state index in [0.717, 1.165) is 23.7 Å². The van der Waals surface area contributed by atoms with Gasteiger partial charge in [0.2, 0.25) is 0 Å². The van der Waals surface area contributed by atoms with E-state index in [4.69, 9.17) is 0 Å². The lowest BCUT2D eigenvalue weighted by atomic mass is 10.0. The second kappa shape index (κ2) is 20.8. The van der Waals surface area contributed by atoms with Gasteiger partial charge in [-0.1, -0.05) is 174 Å². The molecule has 0 spiro atoms. The summed E-state index contributed by atoms with van der Waals surface area (Å²) in [6.45, 7) is 0. The fourth-order valence-electron chi connectivity index (χ4n) is 6.32. The van der Waals surface area contributed by atoms with Crippen molar-refractivity contribution >= 4 is 0 Å². The zero-order valence-electron chi connectivity index (χ0n) is 24.3. The normalized spacial score (nSPS) is 26.9. The summed E-state index contributed by atoms with van der Waals surface area (Å²) in [7, 11) is 0. The molecule has 2 aromatic carbocycles. The fraction of sp³-hybridized carbons (Fsp3) is 0.579. The molecule has 4 bridgehead atoms. The van der Waals surface area contributed by atoms with Crippen LogP contribution in [-0.2, 0) is 0 Å². The summed E-state index contributed by atoms with van der Waals surface area (Å²) in [6.07, 6.45) is 36.4. The van der Waals surface area contributed by atoms with Crippen LogP contribution < -0.4 is 0 Å². The quantitative estimate of drug-likeness (QED) is 0.308. The average Bonchev–Trinajstić information content (AvgIpc) is 3.88. The van der Waals surface area contributed by atoms with Crippen LogP contribution in [0.1, 0.15) is 116 Å². The predicted molar refractivity (Wildman–Crippen MR) is 168 cm³/mol. The molecular formula is C38H56. The van der Waals surface area contributed by atoms with Gasteiger partial charge in [0.05, 0.1) is 0 Å². The first-order valence-corrected chi connectivity index (χ1v) is 16.3. The first-order valence-electron chi connectivity index (χ1n) is 16.3. The molecule has 6 aliphatic rings. The highest BCUT2D eigenvalue weighted by Gasteiger charge is 2.26. The molecule has 38 heavy (non-hydrogen) atoms. The van der Waals surface area contributed by atoms with E-state index in [0.29, 0.717) is 0 Å². The molecule has 0 nitrogen and oxygen atoms in total. The van der Waals surface area contributed by atoms with E-state index >= 15 is 0 Å². The van der Waals surface area contributed by atoms with Crippen molar-refractivity contribution in [1.82, 2.24) is 0 Å². The van der Waals surface area contributed by atoms with E-state index in [1.54, 1.807) is 0 Å². The van der Waals surface area contributed by atoms with Gasteiger partial charge in [-0.15, -0.1) is 0 Å². The average molecular weight is 513 g/mol. The summed E-state index contributed by atoms with van der Waals surface area (Å²) >= 11 is 0. The Morgan fingerprint density at radius 2 is 0.395 bits per heavy atom. The summed E-state index contributed by atoms with van der Waals surface area (Å²) in [5, 5.41) is 0. The molecule has 4 atom stereocenters. The first kappa shape index (κ1) is 30.5. The van der Waals surface area contributed by atoms with Gasteiger partial charge < -0.3 is 0 Å². The number of fused-ring (bicyclic) bond motifs is 4. The molecule has 0 amide bonds. The van der Waals surface area contributed by atoms with Crippen molar-refractivity contribution in [2.75, 3.05) is 0 Å². The van der Waals surface area contributed by atoms with Crippen LogP contribution in [0.25, 0.3) is 0 Å². The molecule has 0 heteroatoms. The molecule has 4 unspecified atom stereocenters. The highest BCUT2D eigenvalue weighted by Crippen LogP contribution is 2.38. The molecule has 0 heterocycles. The van der Waals surface area contributed by atoms with E-state index in [1.165, 1.54) is 116 Å². The molecular weight excluding hydrogens is 456 g/mol. The highest BCUT2D eigenvalue weighted by atomic mass is 14.3. The fourth-order valence-corrected chi connectivity index (χ4v) is 6.32. The smallest absolute Gasteiger partial charge is 0.0228 e. The van der Waals surface area contributed by atoms with E-state index in [-0.39, 0.29) is 0 Å². The second-order valence-corrected chi connectivity index (χ2v) is 12.0. The highest BCUT2D eigenvalue weighted by molar-refractivity contribution is 5.07. The van der Waals surface area contributed by atoms with Gasteiger partial charge in [0, 0.05) is 0 Å². The molecule has 2 aromatic rings. The van der Waals surface area contributed by atoms with Crippen LogP contribution in [0.2, 0.25) is 0 Å². The van der Waals surface area contributed by atoms with Crippen LogP contribution in [0.3, 0.4) is 0 Å². The summed E-state index contributed by atoms with van der Waals surface area (Å²) in [6, 6.07) is 24.0. The third kappa shape index (κ3) is 14.8. The first-order chi connectivity index (χ1) is 18.9. The molecule has 0 N–H and O–H groups in total.